The van der Waals surface area contributed by atoms with Gasteiger partial charge in [-0.2, -0.15) is 4.98 Å². The van der Waals surface area contributed by atoms with E-state index in [4.69, 9.17) is 14.5 Å². The van der Waals surface area contributed by atoms with Crippen molar-refractivity contribution in [3.8, 4) is 11.6 Å². The molecule has 8 heteroatoms. The van der Waals surface area contributed by atoms with Gasteiger partial charge in [-0.05, 0) is 61.4 Å². The number of hydrogen-bond donors (Lipinski definition) is 0. The topological polar surface area (TPSA) is 59.8 Å². The van der Waals surface area contributed by atoms with Gasteiger partial charge in [0.25, 0.3) is 5.91 Å². The van der Waals surface area contributed by atoms with E-state index < -0.39 is 0 Å². The number of amides is 1. The van der Waals surface area contributed by atoms with E-state index in [2.05, 4.69) is 18.7 Å². The van der Waals surface area contributed by atoms with Crippen LogP contribution >= 0.6 is 0 Å². The van der Waals surface area contributed by atoms with Crippen LogP contribution < -0.4 is 9.47 Å². The Morgan fingerprint density at radius 2 is 1.61 bits per heavy atom. The first-order valence-electron chi connectivity index (χ1n) is 12.8. The molecule has 2 aromatic heterocycles. The molecular weight excluding hydrogens is 483 g/mol. The van der Waals surface area contributed by atoms with Gasteiger partial charge >= 0.3 is 0 Å². The molecule has 7 nitrogen and oxygen atoms in total. The van der Waals surface area contributed by atoms with Crippen LogP contribution in [0.15, 0.2) is 66.9 Å². The molecule has 1 amide bonds. The molecule has 5 rings (SSSR count). The molecule has 1 aliphatic heterocycles. The van der Waals surface area contributed by atoms with Crippen molar-refractivity contribution in [2.75, 3.05) is 27.3 Å². The number of halogens is 1. The average Bonchev–Trinajstić information content (AvgIpc) is 3.32. The first-order valence-corrected chi connectivity index (χ1v) is 12.8. The van der Waals surface area contributed by atoms with Crippen LogP contribution in [-0.2, 0) is 13.1 Å². The smallest absolute Gasteiger partial charge is 0.259 e. The number of rotatable bonds is 7. The Hall–Kier alpha value is -3.91. The van der Waals surface area contributed by atoms with E-state index in [0.29, 0.717) is 31.1 Å². The third kappa shape index (κ3) is 5.22. The van der Waals surface area contributed by atoms with Crippen LogP contribution in [-0.4, -0.2) is 64.7 Å². The minimum absolute atomic E-state index is 0.000721. The number of hydrogen-bond acceptors (Lipinski definition) is 5. The number of fused-ring (bicyclic) bond motifs is 1. The standard InChI is InChI=1S/C30H33FN4O3/c1-20-17-35(21(2)16-34(20)19-22-5-9-25(31)10-6-22)30(36)27-15-24-13-14-33(28(24)32-29(27)38-4)18-23-7-11-26(37-3)12-8-23/h5-15,20-21H,16-19H2,1-4H3/t20-,21+/m0/s1. The van der Waals surface area contributed by atoms with Crippen LogP contribution in [0, 0.1) is 5.82 Å². The summed E-state index contributed by atoms with van der Waals surface area (Å²) in [6.07, 6.45) is 1.98. The summed E-state index contributed by atoms with van der Waals surface area (Å²) in [5.41, 5.74) is 3.40. The first-order chi connectivity index (χ1) is 18.4. The second kappa shape index (κ2) is 10.8. The second-order valence-electron chi connectivity index (χ2n) is 9.96. The molecule has 0 spiro atoms. The number of benzene rings is 2. The lowest BCUT2D eigenvalue weighted by atomic mass is 10.0. The number of piperazine rings is 1. The molecule has 2 aromatic carbocycles. The predicted molar refractivity (Wildman–Crippen MR) is 145 cm³/mol. The number of nitrogens with zero attached hydrogens (tertiary/aromatic N) is 4. The van der Waals surface area contributed by atoms with Gasteiger partial charge in [-0.15, -0.1) is 0 Å². The fourth-order valence-corrected chi connectivity index (χ4v) is 5.14. The van der Waals surface area contributed by atoms with E-state index in [-0.39, 0.29) is 23.8 Å². The lowest BCUT2D eigenvalue weighted by Gasteiger charge is -2.44. The minimum Gasteiger partial charge on any atom is -0.497 e. The van der Waals surface area contributed by atoms with Crippen molar-refractivity contribution in [3.05, 3.63) is 89.4 Å². The molecule has 0 radical (unpaired) electrons. The van der Waals surface area contributed by atoms with E-state index in [1.807, 2.05) is 64.2 Å². The van der Waals surface area contributed by atoms with Gasteiger partial charge in [0, 0.05) is 49.8 Å². The highest BCUT2D eigenvalue weighted by Crippen LogP contribution is 2.28. The van der Waals surface area contributed by atoms with E-state index >= 15 is 0 Å². The monoisotopic (exact) mass is 516 g/mol. The van der Waals surface area contributed by atoms with Gasteiger partial charge in [0.05, 0.1) is 14.2 Å². The maximum atomic E-state index is 13.8. The summed E-state index contributed by atoms with van der Waals surface area (Å²) in [5.74, 6) is 0.820. The zero-order valence-electron chi connectivity index (χ0n) is 22.2. The highest BCUT2D eigenvalue weighted by atomic mass is 19.1. The molecule has 38 heavy (non-hydrogen) atoms. The Morgan fingerprint density at radius 3 is 2.29 bits per heavy atom. The van der Waals surface area contributed by atoms with Crippen molar-refractivity contribution in [3.63, 3.8) is 0 Å². The van der Waals surface area contributed by atoms with Crippen LogP contribution in [0.1, 0.15) is 35.3 Å². The Balaban J connectivity index is 1.34. The molecule has 0 bridgehead atoms. The molecule has 3 heterocycles. The molecular formula is C30H33FN4O3. The molecule has 4 aromatic rings. The Labute approximate surface area is 222 Å². The molecule has 0 aliphatic carbocycles. The zero-order chi connectivity index (χ0) is 26.8. The summed E-state index contributed by atoms with van der Waals surface area (Å²) in [7, 11) is 3.20. The molecule has 198 valence electrons. The number of methoxy groups -OCH3 is 2. The number of aromatic nitrogens is 2. The van der Waals surface area contributed by atoms with Gasteiger partial charge in [-0.1, -0.05) is 24.3 Å². The van der Waals surface area contributed by atoms with Gasteiger partial charge < -0.3 is 18.9 Å². The summed E-state index contributed by atoms with van der Waals surface area (Å²) in [4.78, 5) is 22.8. The summed E-state index contributed by atoms with van der Waals surface area (Å²) in [5, 5.41) is 0.887. The summed E-state index contributed by atoms with van der Waals surface area (Å²) < 4.78 is 26.2. The third-order valence-corrected chi connectivity index (χ3v) is 7.31. The molecule has 0 N–H and O–H groups in total. The van der Waals surface area contributed by atoms with Gasteiger partial charge in [0.15, 0.2) is 0 Å². The van der Waals surface area contributed by atoms with Crippen molar-refractivity contribution in [2.24, 2.45) is 0 Å². The number of pyridine rings is 1. The van der Waals surface area contributed by atoms with Crippen molar-refractivity contribution in [1.82, 2.24) is 19.4 Å². The Bertz CT molecular complexity index is 1420. The largest absolute Gasteiger partial charge is 0.497 e. The van der Waals surface area contributed by atoms with Gasteiger partial charge in [-0.3, -0.25) is 9.69 Å². The van der Waals surface area contributed by atoms with Crippen LogP contribution in [0.3, 0.4) is 0 Å². The Morgan fingerprint density at radius 1 is 0.921 bits per heavy atom. The van der Waals surface area contributed by atoms with Crippen molar-refractivity contribution >= 4 is 16.9 Å². The van der Waals surface area contributed by atoms with Crippen LogP contribution in [0.4, 0.5) is 4.39 Å². The molecule has 0 saturated carbocycles. The van der Waals surface area contributed by atoms with Crippen LogP contribution in [0.5, 0.6) is 11.6 Å². The predicted octanol–water partition coefficient (Wildman–Crippen LogP) is 4.98. The molecule has 1 aliphatic rings. The van der Waals surface area contributed by atoms with Gasteiger partial charge in [0.1, 0.15) is 22.8 Å². The third-order valence-electron chi connectivity index (χ3n) is 7.31. The van der Waals surface area contributed by atoms with Crippen LogP contribution in [0.2, 0.25) is 0 Å². The average molecular weight is 517 g/mol. The quantitative estimate of drug-likeness (QED) is 0.347. The highest BCUT2D eigenvalue weighted by Gasteiger charge is 2.34. The lowest BCUT2D eigenvalue weighted by molar-refractivity contribution is 0.0288. The maximum Gasteiger partial charge on any atom is 0.259 e. The van der Waals surface area contributed by atoms with Crippen molar-refractivity contribution < 1.29 is 18.7 Å². The number of carbonyl (C=O) groups excluding carboxylic acids is 1. The number of ether oxygens (including phenoxy) is 2. The summed E-state index contributed by atoms with van der Waals surface area (Å²) in [6, 6.07) is 18.6. The van der Waals surface area contributed by atoms with Crippen molar-refractivity contribution in [1.29, 1.82) is 0 Å². The highest BCUT2D eigenvalue weighted by molar-refractivity contribution is 6.00. The van der Waals surface area contributed by atoms with E-state index in [1.165, 1.54) is 12.1 Å². The van der Waals surface area contributed by atoms with E-state index in [0.717, 1.165) is 34.5 Å². The molecule has 1 fully saturated rings. The summed E-state index contributed by atoms with van der Waals surface area (Å²) in [6.45, 7) is 6.84. The fourth-order valence-electron chi connectivity index (χ4n) is 5.14. The van der Waals surface area contributed by atoms with Crippen molar-refractivity contribution in [2.45, 2.75) is 39.0 Å². The summed E-state index contributed by atoms with van der Waals surface area (Å²) >= 11 is 0. The SMILES string of the molecule is COc1ccc(Cn2ccc3cc(C(=O)N4C[C@H](C)N(Cc5ccc(F)cc5)C[C@H]4C)c(OC)nc32)cc1. The van der Waals surface area contributed by atoms with Gasteiger partial charge in [-0.25, -0.2) is 4.39 Å². The zero-order valence-corrected chi connectivity index (χ0v) is 22.2. The van der Waals surface area contributed by atoms with E-state index in [9.17, 15) is 9.18 Å². The second-order valence-corrected chi connectivity index (χ2v) is 9.96. The molecule has 1 saturated heterocycles. The van der Waals surface area contributed by atoms with E-state index in [1.54, 1.807) is 14.2 Å². The molecule has 0 unspecified atom stereocenters. The van der Waals surface area contributed by atoms with Gasteiger partial charge in [0.2, 0.25) is 5.88 Å². The fraction of sp³-hybridized carbons (Fsp3) is 0.333. The maximum absolute atomic E-state index is 13.8. The minimum atomic E-state index is -0.235. The normalized spacial score (nSPS) is 18.1. The molecule has 2 atom stereocenters. The van der Waals surface area contributed by atoms with Crippen LogP contribution in [0.25, 0.3) is 11.0 Å². The number of carbonyl (C=O) groups is 1. The Kier molecular flexibility index (Phi) is 7.33. The lowest BCUT2D eigenvalue weighted by Crippen LogP contribution is -2.57. The first kappa shape index (κ1) is 25.7.